The highest BCUT2D eigenvalue weighted by Gasteiger charge is 2.34. The summed E-state index contributed by atoms with van der Waals surface area (Å²) >= 11 is 0. The Morgan fingerprint density at radius 1 is 0.632 bits per heavy atom. The summed E-state index contributed by atoms with van der Waals surface area (Å²) < 4.78 is 17.1. The van der Waals surface area contributed by atoms with Gasteiger partial charge in [-0.15, -0.1) is 0 Å². The summed E-state index contributed by atoms with van der Waals surface area (Å²) in [5, 5.41) is 34.2. The van der Waals surface area contributed by atoms with E-state index in [0.717, 1.165) is 0 Å². The molecule has 0 aromatic carbocycles. The van der Waals surface area contributed by atoms with Crippen molar-refractivity contribution in [2.24, 2.45) is 0 Å². The Morgan fingerprint density at radius 3 is 0.737 bits per heavy atom. The van der Waals surface area contributed by atoms with E-state index in [1.807, 2.05) is 0 Å². The molecule has 0 unspecified atom stereocenters. The fourth-order valence-electron chi connectivity index (χ4n) is 0.268. The molecule has 0 heterocycles. The lowest BCUT2D eigenvalue weighted by Gasteiger charge is -2.36. The second-order valence-corrected chi connectivity index (χ2v) is 8.41. The first-order chi connectivity index (χ1) is 8.24. The maximum atomic E-state index is 8.55. The second kappa shape index (κ2) is 11.2. The van der Waals surface area contributed by atoms with Gasteiger partial charge in [0.15, 0.2) is 25.4 Å². The fourth-order valence-corrected chi connectivity index (χ4v) is 0.805. The first-order valence-corrected chi connectivity index (χ1v) is 9.44. The molecule has 0 amide bonds. The van der Waals surface area contributed by atoms with Crippen molar-refractivity contribution in [3.8, 4) is 0 Å². The Hall–Kier alpha value is 0.490. The third kappa shape index (κ3) is 32.2. The zero-order valence-electron chi connectivity index (χ0n) is 9.22. The topological polar surface area (TPSA) is 253 Å². The largest absolute Gasteiger partial charge is 0.822 e. The number of aliphatic hydroxyl groups is 4. The lowest BCUT2D eigenvalue weighted by Crippen LogP contribution is -2.24. The molecule has 0 aliphatic rings. The van der Waals surface area contributed by atoms with Crippen LogP contribution in [0.15, 0.2) is 0 Å². The van der Waals surface area contributed by atoms with E-state index in [1.165, 1.54) is 0 Å². The Morgan fingerprint density at radius 2 is 0.737 bits per heavy atom. The van der Waals surface area contributed by atoms with Crippen LogP contribution in [0.5, 0.6) is 0 Å². The van der Waals surface area contributed by atoms with Crippen LogP contribution in [0.25, 0.3) is 0 Å². The quantitative estimate of drug-likeness (QED) is 0.347. The van der Waals surface area contributed by atoms with Crippen LogP contribution < -0.4 is 29.4 Å². The molecule has 12 nitrogen and oxygen atoms in total. The smallest absolute Gasteiger partial charge is 0.161 e. The van der Waals surface area contributed by atoms with Crippen molar-refractivity contribution in [1.82, 2.24) is 0 Å². The van der Waals surface area contributed by atoms with Gasteiger partial charge in [0.2, 0.25) is 0 Å². The predicted molar refractivity (Wildman–Crippen MR) is 50.5 cm³/mol. The second-order valence-electron chi connectivity index (χ2n) is 2.80. The summed E-state index contributed by atoms with van der Waals surface area (Å²) in [6, 6.07) is 0. The van der Waals surface area contributed by atoms with Crippen LogP contribution in [-0.2, 0) is 9.13 Å². The van der Waals surface area contributed by atoms with Gasteiger partial charge in [0.05, 0.1) is 0 Å². The van der Waals surface area contributed by atoms with Gasteiger partial charge in [-0.05, 0) is 0 Å². The molecular weight excluding hydrogens is 333 g/mol. The predicted octanol–water partition coefficient (Wildman–Crippen LogP) is -6.85. The van der Waals surface area contributed by atoms with Gasteiger partial charge in [0, 0.05) is 0 Å². The molecule has 0 radical (unpaired) electrons. The number of rotatable bonds is 4. The summed E-state index contributed by atoms with van der Waals surface area (Å²) in [7, 11) is -13.0. The number of aliphatic hydroxyl groups excluding tert-OH is 4. The van der Waals surface area contributed by atoms with Crippen LogP contribution >= 0.6 is 22.9 Å². The molecule has 0 spiro atoms. The highest BCUT2D eigenvalue weighted by molar-refractivity contribution is 7.75. The molecule has 0 aromatic rings. The Kier molecular flexibility index (Phi) is 14.4. The lowest BCUT2D eigenvalue weighted by molar-refractivity contribution is -0.434. The third-order valence-corrected chi connectivity index (χ3v) is 3.60. The van der Waals surface area contributed by atoms with E-state index < -0.39 is 22.9 Å². The van der Waals surface area contributed by atoms with E-state index in [9.17, 15) is 0 Å². The van der Waals surface area contributed by atoms with Crippen molar-refractivity contribution >= 4 is 22.9 Å². The van der Waals surface area contributed by atoms with Gasteiger partial charge in [-0.3, -0.25) is 0 Å². The van der Waals surface area contributed by atoms with Gasteiger partial charge >= 0.3 is 0 Å². The molecule has 0 aliphatic heterocycles. The van der Waals surface area contributed by atoms with E-state index in [4.69, 9.17) is 58.9 Å². The van der Waals surface area contributed by atoms with Crippen LogP contribution in [0.3, 0.4) is 0 Å². The zero-order chi connectivity index (χ0) is 16.3. The van der Waals surface area contributed by atoms with Crippen molar-refractivity contribution < 1.29 is 58.9 Å². The molecule has 0 bridgehead atoms. The highest BCUT2D eigenvalue weighted by Crippen LogP contribution is 2.54. The van der Waals surface area contributed by atoms with Crippen LogP contribution in [0.1, 0.15) is 0 Å². The Balaban J connectivity index is -0.000000219. The Bertz CT molecular complexity index is 235. The average molecular weight is 345 g/mol. The molecule has 0 fully saturated rings. The molecule has 0 saturated heterocycles. The molecule has 0 rings (SSSR count). The molecule has 15 heteroatoms. The number of phosphoric acid groups is 2. The first kappa shape index (κ1) is 24.5. The number of hydrogen-bond donors (Lipinski definition) is 4. The van der Waals surface area contributed by atoms with E-state index in [1.54, 1.807) is 0 Å². The van der Waals surface area contributed by atoms with Gasteiger partial charge in [-0.1, -0.05) is 0 Å². The molecule has 120 valence electrons. The third-order valence-electron chi connectivity index (χ3n) is 1.20. The Labute approximate surface area is 108 Å². The SMILES string of the molecule is O=P([O-])([O-])[O-].O=P([O-])([O-])[O-].OC[P+](CO)(CO)CO. The van der Waals surface area contributed by atoms with E-state index in [-0.39, 0.29) is 25.4 Å². The van der Waals surface area contributed by atoms with Gasteiger partial charge < -0.3 is 58.9 Å². The van der Waals surface area contributed by atoms with E-state index in [2.05, 4.69) is 0 Å². The summed E-state index contributed by atoms with van der Waals surface area (Å²) in [5.74, 6) is 0. The summed E-state index contributed by atoms with van der Waals surface area (Å²) in [6.45, 7) is 0. The van der Waals surface area contributed by atoms with Crippen molar-refractivity contribution in [3.05, 3.63) is 0 Å². The maximum Gasteiger partial charge on any atom is 0.161 e. The molecule has 0 aliphatic carbocycles. The molecule has 0 aromatic heterocycles. The highest BCUT2D eigenvalue weighted by atomic mass is 31.2. The van der Waals surface area contributed by atoms with Gasteiger partial charge in [-0.25, -0.2) is 0 Å². The molecule has 0 atom stereocenters. The van der Waals surface area contributed by atoms with Gasteiger partial charge in [0.1, 0.15) is 7.26 Å². The minimum Gasteiger partial charge on any atom is -0.822 e. The van der Waals surface area contributed by atoms with Crippen molar-refractivity contribution in [1.29, 1.82) is 0 Å². The first-order valence-electron chi connectivity index (χ1n) is 3.99. The standard InChI is InChI=1S/C4H12O4P.2H3O4P/c5-1-9(2-6,3-7)4-8;2*1-5(2,3)4/h5-8H,1-4H2;2*(H3,1,2,3,4)/q+1;;/p-6. The minimum atomic E-state index is -5.39. The molecule has 4 N–H and O–H groups in total. The van der Waals surface area contributed by atoms with E-state index in [0.29, 0.717) is 0 Å². The van der Waals surface area contributed by atoms with Crippen LogP contribution in [0.4, 0.5) is 0 Å². The monoisotopic (exact) mass is 345 g/mol. The van der Waals surface area contributed by atoms with Crippen molar-refractivity contribution in [2.75, 3.05) is 25.4 Å². The summed E-state index contributed by atoms with van der Waals surface area (Å²) in [6.07, 6.45) is -1.18. The molecule has 0 saturated carbocycles. The molecular formula is C4H12O12P3-5. The van der Waals surface area contributed by atoms with Crippen molar-refractivity contribution in [2.45, 2.75) is 0 Å². The average Bonchev–Trinajstić information content (AvgIpc) is 2.17. The van der Waals surface area contributed by atoms with Crippen molar-refractivity contribution in [3.63, 3.8) is 0 Å². The summed E-state index contributed by atoms with van der Waals surface area (Å²) in [4.78, 5) is 51.3. The zero-order valence-corrected chi connectivity index (χ0v) is 11.9. The van der Waals surface area contributed by atoms with Gasteiger partial charge in [-0.2, -0.15) is 15.6 Å². The normalized spacial score (nSPS) is 11.9. The van der Waals surface area contributed by atoms with E-state index >= 15 is 0 Å². The maximum absolute atomic E-state index is 8.55. The number of hydrogen-bond acceptors (Lipinski definition) is 12. The van der Waals surface area contributed by atoms with Crippen LogP contribution in [0.2, 0.25) is 0 Å². The minimum absolute atomic E-state index is 0.295. The van der Waals surface area contributed by atoms with Crippen LogP contribution in [0, 0.1) is 0 Å². The lowest BCUT2D eigenvalue weighted by atomic mass is 11.6. The fraction of sp³-hybridized carbons (Fsp3) is 1.00. The summed E-state index contributed by atoms with van der Waals surface area (Å²) in [5.41, 5.74) is 0. The molecule has 19 heavy (non-hydrogen) atoms. The van der Waals surface area contributed by atoms with Gasteiger partial charge in [0.25, 0.3) is 0 Å². The van der Waals surface area contributed by atoms with Crippen LogP contribution in [-0.4, -0.2) is 45.8 Å².